The largest absolute Gasteiger partial charge is 0.283 e. The second-order valence-electron chi connectivity index (χ2n) is 7.73. The second-order valence-corrected chi connectivity index (χ2v) is 11.4. The zero-order valence-electron chi connectivity index (χ0n) is 18.3. The highest BCUT2D eigenvalue weighted by Gasteiger charge is 2.22. The average Bonchev–Trinajstić information content (AvgIpc) is 3.27. The van der Waals surface area contributed by atoms with Crippen LogP contribution in [0.3, 0.4) is 0 Å². The zero-order valence-corrected chi connectivity index (χ0v) is 20.7. The SMILES string of the molecule is CCS(=O)(=O)c1ccc(CC(=O)N(Cc2ccccc2)c2nc3c(C)ccc(Cl)c3s2)cc1. The fourth-order valence-electron chi connectivity index (χ4n) is 3.49. The molecule has 0 aliphatic carbocycles. The molecule has 0 atom stereocenters. The lowest BCUT2D eigenvalue weighted by Crippen LogP contribution is -2.31. The van der Waals surface area contributed by atoms with Crippen LogP contribution in [0.1, 0.15) is 23.6 Å². The Morgan fingerprint density at radius 1 is 1.00 bits per heavy atom. The van der Waals surface area contributed by atoms with Crippen LogP contribution in [0.15, 0.2) is 71.6 Å². The van der Waals surface area contributed by atoms with Crippen molar-refractivity contribution in [1.29, 1.82) is 0 Å². The summed E-state index contributed by atoms with van der Waals surface area (Å²) in [6.45, 7) is 3.95. The number of halogens is 1. The van der Waals surface area contributed by atoms with Gasteiger partial charge >= 0.3 is 0 Å². The molecule has 4 aromatic rings. The summed E-state index contributed by atoms with van der Waals surface area (Å²) in [6, 6.07) is 20.0. The maximum atomic E-state index is 13.4. The van der Waals surface area contributed by atoms with Crippen molar-refractivity contribution in [2.45, 2.75) is 31.7 Å². The van der Waals surface area contributed by atoms with E-state index in [2.05, 4.69) is 0 Å². The standard InChI is InChI=1S/C25H23ClN2O3S2/c1-3-33(30,31)20-12-10-18(11-13-20)15-22(29)28(16-19-7-5-4-6-8-19)25-27-23-17(2)9-14-21(26)24(23)32-25/h4-14H,3,15-16H2,1-2H3. The Morgan fingerprint density at radius 3 is 2.33 bits per heavy atom. The van der Waals surface area contributed by atoms with E-state index in [1.807, 2.05) is 49.4 Å². The van der Waals surface area contributed by atoms with Crippen molar-refractivity contribution in [2.75, 3.05) is 10.7 Å². The van der Waals surface area contributed by atoms with E-state index in [-0.39, 0.29) is 23.0 Å². The Labute approximate surface area is 202 Å². The molecule has 0 unspecified atom stereocenters. The predicted molar refractivity (Wildman–Crippen MR) is 135 cm³/mol. The van der Waals surface area contributed by atoms with Crippen molar-refractivity contribution < 1.29 is 13.2 Å². The molecule has 5 nitrogen and oxygen atoms in total. The number of sulfone groups is 1. The van der Waals surface area contributed by atoms with Gasteiger partial charge in [0, 0.05) is 0 Å². The van der Waals surface area contributed by atoms with E-state index in [1.54, 1.807) is 36.1 Å². The molecule has 1 amide bonds. The first-order chi connectivity index (χ1) is 15.8. The summed E-state index contributed by atoms with van der Waals surface area (Å²) in [5.74, 6) is -0.0896. The van der Waals surface area contributed by atoms with Crippen molar-refractivity contribution in [3.63, 3.8) is 0 Å². The molecule has 1 heterocycles. The van der Waals surface area contributed by atoms with Crippen LogP contribution < -0.4 is 4.90 Å². The van der Waals surface area contributed by atoms with Gasteiger partial charge in [-0.15, -0.1) is 0 Å². The van der Waals surface area contributed by atoms with Gasteiger partial charge in [0.05, 0.1) is 38.9 Å². The molecular weight excluding hydrogens is 476 g/mol. The highest BCUT2D eigenvalue weighted by atomic mass is 35.5. The minimum atomic E-state index is -3.28. The van der Waals surface area contributed by atoms with Crippen molar-refractivity contribution in [3.8, 4) is 0 Å². The van der Waals surface area contributed by atoms with Crippen molar-refractivity contribution in [1.82, 2.24) is 4.98 Å². The fraction of sp³-hybridized carbons (Fsp3) is 0.200. The molecule has 4 rings (SSSR count). The molecule has 0 fully saturated rings. The number of amides is 1. The molecule has 3 aromatic carbocycles. The Hall–Kier alpha value is -2.74. The Bertz CT molecular complexity index is 1360. The molecule has 0 N–H and O–H groups in total. The van der Waals surface area contributed by atoms with Gasteiger partial charge < -0.3 is 0 Å². The number of hydrogen-bond acceptors (Lipinski definition) is 5. The number of fused-ring (bicyclic) bond motifs is 1. The Morgan fingerprint density at radius 2 is 1.70 bits per heavy atom. The van der Waals surface area contributed by atoms with Crippen LogP contribution >= 0.6 is 22.9 Å². The number of thiazole rings is 1. The van der Waals surface area contributed by atoms with Crippen LogP contribution in [-0.2, 0) is 27.6 Å². The highest BCUT2D eigenvalue weighted by Crippen LogP contribution is 2.36. The van der Waals surface area contributed by atoms with Gasteiger partial charge in [0.15, 0.2) is 15.0 Å². The second kappa shape index (κ2) is 9.63. The summed E-state index contributed by atoms with van der Waals surface area (Å²) in [4.78, 5) is 20.1. The van der Waals surface area contributed by atoms with E-state index in [0.717, 1.165) is 26.9 Å². The van der Waals surface area contributed by atoms with Crippen LogP contribution in [0, 0.1) is 6.92 Å². The molecule has 0 radical (unpaired) electrons. The van der Waals surface area contributed by atoms with Crippen molar-refractivity contribution in [2.24, 2.45) is 0 Å². The van der Waals surface area contributed by atoms with Crippen LogP contribution in [0.4, 0.5) is 5.13 Å². The molecule has 0 aliphatic heterocycles. The monoisotopic (exact) mass is 498 g/mol. The quantitative estimate of drug-likeness (QED) is 0.321. The third kappa shape index (κ3) is 5.11. The first kappa shape index (κ1) is 23.4. The molecule has 8 heteroatoms. The lowest BCUT2D eigenvalue weighted by Gasteiger charge is -2.20. The van der Waals surface area contributed by atoms with E-state index < -0.39 is 9.84 Å². The van der Waals surface area contributed by atoms with E-state index in [0.29, 0.717) is 16.7 Å². The number of aryl methyl sites for hydroxylation is 1. The third-order valence-electron chi connectivity index (χ3n) is 5.42. The van der Waals surface area contributed by atoms with Crippen molar-refractivity contribution >= 4 is 54.0 Å². The highest BCUT2D eigenvalue weighted by molar-refractivity contribution is 7.91. The van der Waals surface area contributed by atoms with Crippen LogP contribution in [0.25, 0.3) is 10.2 Å². The first-order valence-corrected chi connectivity index (χ1v) is 13.3. The lowest BCUT2D eigenvalue weighted by atomic mass is 10.1. The van der Waals surface area contributed by atoms with Gasteiger partial charge in [0.25, 0.3) is 0 Å². The normalized spacial score (nSPS) is 11.6. The van der Waals surface area contributed by atoms with E-state index in [4.69, 9.17) is 16.6 Å². The average molecular weight is 499 g/mol. The molecule has 33 heavy (non-hydrogen) atoms. The van der Waals surface area contributed by atoms with Crippen molar-refractivity contribution in [3.05, 3.63) is 88.4 Å². The zero-order chi connectivity index (χ0) is 23.6. The molecular formula is C25H23ClN2O3S2. The third-order valence-corrected chi connectivity index (χ3v) is 8.71. The molecule has 0 spiro atoms. The van der Waals surface area contributed by atoms with Gasteiger partial charge in [-0.3, -0.25) is 9.69 Å². The van der Waals surface area contributed by atoms with Gasteiger partial charge in [-0.05, 0) is 41.8 Å². The molecule has 0 aliphatic rings. The van der Waals surface area contributed by atoms with Gasteiger partial charge in [-0.2, -0.15) is 0 Å². The number of carbonyl (C=O) groups excluding carboxylic acids is 1. The van der Waals surface area contributed by atoms with E-state index in [1.165, 1.54) is 11.3 Å². The van der Waals surface area contributed by atoms with Crippen LogP contribution in [0.2, 0.25) is 5.02 Å². The smallest absolute Gasteiger partial charge is 0.233 e. The molecule has 170 valence electrons. The fourth-order valence-corrected chi connectivity index (χ4v) is 5.70. The number of anilines is 1. The number of benzene rings is 3. The summed E-state index contributed by atoms with van der Waals surface area (Å²) < 4.78 is 25.0. The van der Waals surface area contributed by atoms with Crippen LogP contribution in [0.5, 0.6) is 0 Å². The van der Waals surface area contributed by atoms with E-state index >= 15 is 0 Å². The topological polar surface area (TPSA) is 67.3 Å². The Kier molecular flexibility index (Phi) is 6.83. The molecule has 1 aromatic heterocycles. The van der Waals surface area contributed by atoms with Gasteiger partial charge in [-0.1, -0.05) is 78.4 Å². The summed E-state index contributed by atoms with van der Waals surface area (Å²) in [6.07, 6.45) is 0.127. The summed E-state index contributed by atoms with van der Waals surface area (Å²) in [5, 5.41) is 1.19. The maximum Gasteiger partial charge on any atom is 0.233 e. The Balaban J connectivity index is 1.67. The number of nitrogens with zero attached hydrogens (tertiary/aromatic N) is 2. The van der Waals surface area contributed by atoms with Gasteiger partial charge in [0.2, 0.25) is 5.91 Å². The van der Waals surface area contributed by atoms with Gasteiger partial charge in [0.1, 0.15) is 0 Å². The van der Waals surface area contributed by atoms with E-state index in [9.17, 15) is 13.2 Å². The maximum absolute atomic E-state index is 13.4. The molecule has 0 bridgehead atoms. The van der Waals surface area contributed by atoms with Crippen LogP contribution in [-0.4, -0.2) is 25.1 Å². The minimum Gasteiger partial charge on any atom is -0.283 e. The van der Waals surface area contributed by atoms with Gasteiger partial charge in [-0.25, -0.2) is 13.4 Å². The summed E-state index contributed by atoms with van der Waals surface area (Å²) in [5.41, 5.74) is 3.51. The summed E-state index contributed by atoms with van der Waals surface area (Å²) >= 11 is 7.79. The predicted octanol–water partition coefficient (Wildman–Crippen LogP) is 5.83. The number of hydrogen-bond donors (Lipinski definition) is 0. The minimum absolute atomic E-state index is 0.0374. The summed E-state index contributed by atoms with van der Waals surface area (Å²) in [7, 11) is -3.28. The number of carbonyl (C=O) groups is 1. The first-order valence-electron chi connectivity index (χ1n) is 10.5. The number of rotatable bonds is 7. The number of aromatic nitrogens is 1. The lowest BCUT2D eigenvalue weighted by molar-refractivity contribution is -0.118. The molecule has 0 saturated heterocycles. The molecule has 0 saturated carbocycles.